The zero-order valence-electron chi connectivity index (χ0n) is 18.6. The first-order valence-electron chi connectivity index (χ1n) is 10.4. The maximum Gasteiger partial charge on any atom is 0.237 e. The third kappa shape index (κ3) is 5.84. The van der Waals surface area contributed by atoms with Crippen molar-refractivity contribution in [3.05, 3.63) is 22.7 Å². The lowest BCUT2D eigenvalue weighted by Gasteiger charge is -2.28. The van der Waals surface area contributed by atoms with Gasteiger partial charge in [-0.2, -0.15) is 0 Å². The van der Waals surface area contributed by atoms with Crippen molar-refractivity contribution in [2.24, 2.45) is 5.92 Å². The molecule has 0 unspecified atom stereocenters. The highest BCUT2D eigenvalue weighted by molar-refractivity contribution is 8.00. The minimum atomic E-state index is -0.381. The minimum absolute atomic E-state index is 0.142. The number of amides is 1. The van der Waals surface area contributed by atoms with Gasteiger partial charge in [-0.3, -0.25) is 9.36 Å². The minimum Gasteiger partial charge on any atom is -0.495 e. The van der Waals surface area contributed by atoms with Gasteiger partial charge in [0.15, 0.2) is 5.16 Å². The van der Waals surface area contributed by atoms with E-state index < -0.39 is 0 Å². The maximum atomic E-state index is 12.9. The fourth-order valence-corrected chi connectivity index (χ4v) is 4.27. The lowest BCUT2D eigenvalue weighted by Crippen LogP contribution is -2.38. The fraction of sp³-hybridized carbons (Fsp3) is 0.571. The number of nitrogens with one attached hydrogen (secondary N) is 1. The number of benzene rings is 1. The summed E-state index contributed by atoms with van der Waals surface area (Å²) in [6.07, 6.45) is 0. The lowest BCUT2D eigenvalue weighted by molar-refractivity contribution is -0.115. The molecule has 1 amide bonds. The van der Waals surface area contributed by atoms with Gasteiger partial charge in [-0.25, -0.2) is 0 Å². The van der Waals surface area contributed by atoms with Crippen LogP contribution in [0.5, 0.6) is 5.75 Å². The maximum absolute atomic E-state index is 12.9. The van der Waals surface area contributed by atoms with Gasteiger partial charge >= 0.3 is 0 Å². The van der Waals surface area contributed by atoms with Gasteiger partial charge in [0.1, 0.15) is 5.75 Å². The van der Waals surface area contributed by atoms with Gasteiger partial charge in [0, 0.05) is 30.7 Å². The third-order valence-corrected chi connectivity index (χ3v) is 6.42. The van der Waals surface area contributed by atoms with E-state index in [0.717, 1.165) is 36.3 Å². The van der Waals surface area contributed by atoms with Crippen molar-refractivity contribution in [2.75, 3.05) is 43.6 Å². The quantitative estimate of drug-likeness (QED) is 0.590. The van der Waals surface area contributed by atoms with Crippen LogP contribution in [0.3, 0.4) is 0 Å². The summed E-state index contributed by atoms with van der Waals surface area (Å²) in [5.41, 5.74) is 1.46. The first-order chi connectivity index (χ1) is 14.8. The number of nitrogens with zero attached hydrogens (tertiary/aromatic N) is 4. The van der Waals surface area contributed by atoms with Crippen LogP contribution in [0.2, 0.25) is 5.02 Å². The van der Waals surface area contributed by atoms with Gasteiger partial charge in [0.05, 0.1) is 31.3 Å². The number of hydrogen-bond donors (Lipinski definition) is 1. The van der Waals surface area contributed by atoms with Crippen LogP contribution in [0.1, 0.15) is 26.3 Å². The van der Waals surface area contributed by atoms with Crippen molar-refractivity contribution in [1.29, 1.82) is 0 Å². The Hall–Kier alpha value is -1.97. The number of thioether (sulfide) groups is 1. The fourth-order valence-electron chi connectivity index (χ4n) is 3.27. The number of morpholine rings is 1. The molecule has 0 spiro atoms. The summed E-state index contributed by atoms with van der Waals surface area (Å²) in [5, 5.41) is 12.7. The Kier molecular flexibility index (Phi) is 8.07. The number of rotatable bonds is 8. The van der Waals surface area contributed by atoms with Crippen LogP contribution in [0.15, 0.2) is 17.3 Å². The van der Waals surface area contributed by atoms with Crippen LogP contribution in [-0.2, 0) is 16.1 Å². The molecule has 0 radical (unpaired) electrons. The van der Waals surface area contributed by atoms with Gasteiger partial charge in [0.2, 0.25) is 11.9 Å². The summed E-state index contributed by atoms with van der Waals surface area (Å²) in [5.74, 6) is 1.64. The zero-order chi connectivity index (χ0) is 22.5. The van der Waals surface area contributed by atoms with Crippen molar-refractivity contribution >= 4 is 40.9 Å². The van der Waals surface area contributed by atoms with Crippen LogP contribution < -0.4 is 15.0 Å². The van der Waals surface area contributed by atoms with E-state index in [9.17, 15) is 4.79 Å². The predicted molar refractivity (Wildman–Crippen MR) is 125 cm³/mol. The number of aromatic nitrogens is 3. The molecular formula is C21H30ClN5O3S. The molecule has 1 aromatic carbocycles. The van der Waals surface area contributed by atoms with Crippen LogP contribution >= 0.6 is 23.4 Å². The highest BCUT2D eigenvalue weighted by atomic mass is 35.5. The summed E-state index contributed by atoms with van der Waals surface area (Å²) in [6.45, 7) is 11.8. The van der Waals surface area contributed by atoms with E-state index in [1.165, 1.54) is 11.8 Å². The molecule has 31 heavy (non-hydrogen) atoms. The molecule has 3 rings (SSSR count). The van der Waals surface area contributed by atoms with E-state index in [-0.39, 0.29) is 11.2 Å². The molecule has 1 N–H and O–H groups in total. The topological polar surface area (TPSA) is 81.5 Å². The van der Waals surface area contributed by atoms with Crippen molar-refractivity contribution in [3.63, 3.8) is 0 Å². The predicted octanol–water partition coefficient (Wildman–Crippen LogP) is 3.86. The average molecular weight is 468 g/mol. The molecule has 10 heteroatoms. The summed E-state index contributed by atoms with van der Waals surface area (Å²) in [7, 11) is 1.55. The molecule has 2 heterocycles. The highest BCUT2D eigenvalue weighted by Gasteiger charge is 2.25. The molecule has 1 aliphatic rings. The molecule has 0 bridgehead atoms. The van der Waals surface area contributed by atoms with Gasteiger partial charge in [-0.1, -0.05) is 37.2 Å². The van der Waals surface area contributed by atoms with Crippen LogP contribution in [-0.4, -0.2) is 59.3 Å². The molecule has 2 aromatic rings. The average Bonchev–Trinajstić information content (AvgIpc) is 3.12. The Balaban J connectivity index is 1.76. The Bertz CT molecular complexity index is 915. The Morgan fingerprint density at radius 1 is 1.29 bits per heavy atom. The second-order valence-corrected chi connectivity index (χ2v) is 9.65. The largest absolute Gasteiger partial charge is 0.495 e. The second-order valence-electron chi connectivity index (χ2n) is 7.94. The molecule has 1 fully saturated rings. The van der Waals surface area contributed by atoms with Gasteiger partial charge in [0.25, 0.3) is 0 Å². The van der Waals surface area contributed by atoms with Crippen molar-refractivity contribution in [3.8, 4) is 5.75 Å². The van der Waals surface area contributed by atoms with Crippen LogP contribution in [0.4, 0.5) is 11.6 Å². The van der Waals surface area contributed by atoms with Gasteiger partial charge in [-0.15, -0.1) is 10.2 Å². The molecule has 1 aliphatic heterocycles. The van der Waals surface area contributed by atoms with Gasteiger partial charge in [-0.05, 0) is 31.4 Å². The molecule has 1 saturated heterocycles. The number of hydrogen-bond acceptors (Lipinski definition) is 7. The normalized spacial score (nSPS) is 15.3. The van der Waals surface area contributed by atoms with Crippen LogP contribution in [0.25, 0.3) is 0 Å². The smallest absolute Gasteiger partial charge is 0.237 e. The van der Waals surface area contributed by atoms with Crippen molar-refractivity contribution in [2.45, 2.75) is 44.6 Å². The van der Waals surface area contributed by atoms with Crippen molar-refractivity contribution < 1.29 is 14.3 Å². The second kappa shape index (κ2) is 10.6. The monoisotopic (exact) mass is 467 g/mol. The molecule has 1 atom stereocenters. The van der Waals surface area contributed by atoms with E-state index >= 15 is 0 Å². The Labute approximate surface area is 192 Å². The van der Waals surface area contributed by atoms with Crippen LogP contribution in [0, 0.1) is 12.8 Å². The Morgan fingerprint density at radius 2 is 2.00 bits per heavy atom. The van der Waals surface area contributed by atoms with E-state index in [1.54, 1.807) is 13.2 Å². The third-order valence-electron chi connectivity index (χ3n) is 4.93. The standard InChI is InChI=1S/C21H30ClN5O3S/c1-13(2)12-27-20(26-6-8-30-9-7-26)24-25-21(27)31-15(4)19(28)23-17-10-14(3)16(22)11-18(17)29-5/h10-11,13,15H,6-9,12H2,1-5H3,(H,23,28)/t15-/m0/s1. The van der Waals surface area contributed by atoms with Gasteiger partial charge < -0.3 is 19.7 Å². The molecular weight excluding hydrogens is 438 g/mol. The van der Waals surface area contributed by atoms with E-state index in [1.807, 2.05) is 19.9 Å². The van der Waals surface area contributed by atoms with E-state index in [0.29, 0.717) is 35.6 Å². The Morgan fingerprint density at radius 3 is 2.65 bits per heavy atom. The lowest BCUT2D eigenvalue weighted by atomic mass is 10.2. The van der Waals surface area contributed by atoms with E-state index in [4.69, 9.17) is 21.1 Å². The first kappa shape index (κ1) is 23.7. The number of ether oxygens (including phenoxy) is 2. The highest BCUT2D eigenvalue weighted by Crippen LogP contribution is 2.32. The number of anilines is 2. The number of carbonyl (C=O) groups excluding carboxylic acids is 1. The molecule has 1 aromatic heterocycles. The molecule has 170 valence electrons. The van der Waals surface area contributed by atoms with E-state index in [2.05, 4.69) is 38.8 Å². The van der Waals surface area contributed by atoms with Crippen molar-refractivity contribution in [1.82, 2.24) is 14.8 Å². The summed E-state index contributed by atoms with van der Waals surface area (Å²) in [4.78, 5) is 15.1. The zero-order valence-corrected chi connectivity index (χ0v) is 20.2. The first-order valence-corrected chi connectivity index (χ1v) is 11.6. The number of methoxy groups -OCH3 is 1. The number of carbonyl (C=O) groups is 1. The summed E-state index contributed by atoms with van der Waals surface area (Å²) >= 11 is 7.57. The number of aryl methyl sites for hydroxylation is 1. The SMILES string of the molecule is COc1cc(Cl)c(C)cc1NC(=O)[C@H](C)Sc1nnc(N2CCOCC2)n1CC(C)C. The number of halogens is 1. The summed E-state index contributed by atoms with van der Waals surface area (Å²) < 4.78 is 12.9. The summed E-state index contributed by atoms with van der Waals surface area (Å²) in [6, 6.07) is 3.52. The molecule has 0 aliphatic carbocycles. The molecule has 8 nitrogen and oxygen atoms in total. The molecule has 0 saturated carbocycles.